The monoisotopic (exact) mass is 1550 g/mol. The first-order chi connectivity index (χ1) is 54.9. The molecule has 7 heteroatoms. The lowest BCUT2D eigenvalue weighted by Crippen LogP contribution is -2.21. The smallest absolute Gasteiger partial charge is 0.335 e. The Labute approximate surface area is 782 Å². The highest BCUT2D eigenvalue weighted by Crippen LogP contribution is 2.11. The molecule has 2 aromatic carbocycles. The van der Waals surface area contributed by atoms with Crippen molar-refractivity contribution in [3.05, 3.63) is 59.7 Å². The number of rotatable bonds is 4. The second kappa shape index (κ2) is 74.8. The molecule has 111 heavy (non-hydrogen) atoms. The summed E-state index contributed by atoms with van der Waals surface area (Å²) in [4.78, 5) is 24.4. The van der Waals surface area contributed by atoms with Crippen LogP contribution in [0.1, 0.15) is 146 Å². The summed E-state index contributed by atoms with van der Waals surface area (Å²) in [6.45, 7) is 0. The predicted molar refractivity (Wildman–Crippen MR) is 621 cm³/mol. The summed E-state index contributed by atoms with van der Waals surface area (Å²) in [6.07, 6.45) is 19.8. The molecule has 0 aliphatic heterocycles. The topological polar surface area (TPSA) is 93.7 Å². The largest absolute Gasteiger partial charge is 0.478 e. The Morgan fingerprint density at radius 1 is 0.243 bits per heavy atom. The third-order valence-corrected chi connectivity index (χ3v) is 8.42. The van der Waals surface area contributed by atoms with Gasteiger partial charge in [0.15, 0.2) is 0 Å². The zero-order valence-corrected chi connectivity index (χ0v) is 57.1. The fourth-order valence-corrected chi connectivity index (χ4v) is 4.41. The molecule has 0 unspecified atom stereocenters. The van der Waals surface area contributed by atoms with Crippen LogP contribution in [-0.4, -0.2) is 36.0 Å². The van der Waals surface area contributed by atoms with Gasteiger partial charge in [0.05, 0.1) is 5.56 Å². The van der Waals surface area contributed by atoms with Gasteiger partial charge in [-0.3, -0.25) is 10.1 Å². The number of carboxylic acid groups (broad SMARTS) is 1. The van der Waals surface area contributed by atoms with Crippen LogP contribution in [0.4, 0.5) is 11.4 Å². The van der Waals surface area contributed by atoms with Crippen molar-refractivity contribution in [3.63, 3.8) is 0 Å². The van der Waals surface area contributed by atoms with Crippen molar-refractivity contribution < 1.29 is 140 Å². The minimum absolute atomic E-state index is 0. The summed E-state index contributed by atoms with van der Waals surface area (Å²) >= 11 is 0. The van der Waals surface area contributed by atoms with Crippen LogP contribution in [0.15, 0.2) is 48.5 Å². The predicted octanol–water partition coefficient (Wildman–Crippen LogP) is 24.3. The fraction of sp³-hybridized carbons (Fsp3) is 0.0192. The van der Waals surface area contributed by atoms with Crippen molar-refractivity contribution >= 4 is 23.3 Å². The van der Waals surface area contributed by atoms with Crippen LogP contribution >= 0.6 is 0 Å². The van der Waals surface area contributed by atoms with Crippen molar-refractivity contribution in [2.24, 2.45) is 0 Å². The average molecular weight is 1550 g/mol. The van der Waals surface area contributed by atoms with Gasteiger partial charge in [0.25, 0.3) is 5.91 Å². The van der Waals surface area contributed by atoms with E-state index in [0.717, 1.165) is 16.3 Å². The van der Waals surface area contributed by atoms with E-state index >= 15 is 0 Å². The van der Waals surface area contributed by atoms with Crippen molar-refractivity contribution in [2.45, 2.75) is 0 Å². The maximum atomic E-state index is 13.0. The van der Waals surface area contributed by atoms with Gasteiger partial charge >= 0.3 is 5.97 Å². The number of aromatic carboxylic acids is 1. The van der Waals surface area contributed by atoms with E-state index < -0.39 is 11.9 Å². The highest BCUT2D eigenvalue weighted by molar-refractivity contribution is 5.97. The summed E-state index contributed by atoms with van der Waals surface area (Å²) in [5, 5.41) is 16.9. The second-order valence-electron chi connectivity index (χ2n) is 15.3. The highest BCUT2D eigenvalue weighted by Gasteiger charge is 2.12. The van der Waals surface area contributed by atoms with Crippen LogP contribution in [0.25, 0.3) is 0 Å². The van der Waals surface area contributed by atoms with E-state index in [1.54, 1.807) is 62.6 Å². The van der Waals surface area contributed by atoms with E-state index in [2.05, 4.69) is 514 Å². The first-order valence-electron chi connectivity index (χ1n) is 28.6. The summed E-state index contributed by atoms with van der Waals surface area (Å²) in [7, 11) is 3.55. The van der Waals surface area contributed by atoms with Crippen LogP contribution in [-0.2, 0) is 0 Å². The van der Waals surface area contributed by atoms with Crippen LogP contribution in [0, 0.1) is 524 Å². The Morgan fingerprint density at radius 3 is 0.559 bits per heavy atom. The van der Waals surface area contributed by atoms with E-state index in [-0.39, 0.29) is 126 Å². The number of carbonyl (C=O) groups excluding carboxylic acids is 1. The summed E-state index contributed by atoms with van der Waals surface area (Å²) < 4.78 is 0. The molecular weight excluding hydrogens is 1350 g/mol. The number of nitrogens with zero attached hydrogens (tertiary/aromatic N) is 1. The van der Waals surface area contributed by atoms with Gasteiger partial charge in [-0.1, -0.05) is 0 Å². The molecule has 4 N–H and O–H groups in total. The minimum atomic E-state index is -0.896. The quantitative estimate of drug-likeness (QED) is 0.180. The molecule has 0 saturated carbocycles. The van der Waals surface area contributed by atoms with Gasteiger partial charge in [-0.25, -0.2) is 4.79 Å². The molecular formula is C104H198N4O3. The van der Waals surface area contributed by atoms with Crippen molar-refractivity contribution in [1.82, 2.24) is 10.2 Å². The molecule has 0 bridgehead atoms. The van der Waals surface area contributed by atoms with Crippen molar-refractivity contribution in [1.29, 1.82) is 0 Å². The van der Waals surface area contributed by atoms with E-state index in [1.807, 2.05) is 0 Å². The number of amides is 1. The maximum absolute atomic E-state index is 13.0. The van der Waals surface area contributed by atoms with Crippen LogP contribution in [0.5, 0.6) is 0 Å². The summed E-state index contributed by atoms with van der Waals surface area (Å²) in [5.41, 5.74) is 2.38. The molecule has 7 nitrogen and oxygen atoms in total. The molecule has 0 radical (unpaired) electrons. The van der Waals surface area contributed by atoms with E-state index in [4.69, 9.17) is 30.8 Å². The van der Waals surface area contributed by atoms with Gasteiger partial charge in [-0.05, 0) is 238 Å². The number of hydrogen-bond donors (Lipinski definition) is 4. The zero-order valence-electron chi connectivity index (χ0n) is 57.1. The van der Waals surface area contributed by atoms with E-state index in [0.29, 0.717) is 11.1 Å². The lowest BCUT2D eigenvalue weighted by Gasteiger charge is -2.07. The maximum Gasteiger partial charge on any atom is 0.335 e. The number of terminal acetylenes is 4. The van der Waals surface area contributed by atoms with Gasteiger partial charge in [-0.2, -0.15) is 4.90 Å². The molecule has 0 heterocycles. The van der Waals surface area contributed by atoms with Crippen LogP contribution in [0.2, 0.25) is 0 Å². The first kappa shape index (κ1) is 88.4. The third kappa shape index (κ3) is 64.5. The van der Waals surface area contributed by atoms with E-state index in [9.17, 15) is 9.59 Å². The lowest BCUT2D eigenvalue weighted by atomic mass is 10.2. The molecule has 0 spiro atoms. The molecule has 0 fully saturated rings. The van der Waals surface area contributed by atoms with E-state index in [1.165, 1.54) is 0 Å². The van der Waals surface area contributed by atoms with Crippen LogP contribution < -0.4 is 16.0 Å². The Hall–Kier alpha value is -22.6. The SMILES string of the molecule is C#CC#CC#CC#CC#CC#CC#CC#CC#CC#CC#CN(C#CC#CC#CC#CC#CC#CC#CC#CC#CC#CC#C)C(=O)c1ccc(NC)cc1.C#CC#CC#CC#CC#CC#CC#CC#CC#CC#CC#CNC#CC#CC#CC#CC#CC#CC#CC#CC#CC#CC#C.CNc1ccc(C(=O)O)cc1.[HH].[HH].[HH].[HH].[HH].[HH].[HH].[HH].[HH].[HH].[HH].[HH].[HH].[HH].[HH].[HH].[HH].[HH].[HH].[HH].[HH].[HH].[HH].[HH].[HH].[HH].[HH].[HH].[HH].[HH].[HH].[HH].[HH].[HH].[HH].[HH].[HH].[HH].[HH].[HH].[HH].[HH].[HH].[HH].[HH].[HH].[HH].[HH].[HH].[HH].[HH].[HH].[HH].[HH].[HH].[HH].[HH].[HH].[HH].[HH].[HH].[HH].[HH].[HH].[HH].[HH].[HH].[HH].[HH].[HH].[HH].[HH].[HH].[HH].[HH].[HH].[HH].[HH].[HH].[HH].[HH].[HH].[HH].[HH].[HH].[HH].[HH].[HH]. The van der Waals surface area contributed by atoms with Crippen molar-refractivity contribution in [2.75, 3.05) is 24.7 Å². The molecule has 652 valence electrons. The summed E-state index contributed by atoms with van der Waals surface area (Å²) in [5.74, 6) is 195. The Morgan fingerprint density at radius 2 is 0.396 bits per heavy atom. The van der Waals surface area contributed by atoms with Gasteiger partial charge < -0.3 is 15.7 Å². The fourth-order valence-electron chi connectivity index (χ4n) is 4.41. The Balaban J connectivity index is -0.00000000918. The standard InChI is InChI=1S/C52H10N2O.C44H3N.C8H9NO2.88H2/c1-4-6-8-10-12-14-16-18-20-22-24-26-28-30-32-34-36-38-40-42-48-54(52(55)50-44-46-51(53-3)47-45-50)49-43-41-39-37-35-33-31-29-27-25-23-21-19-17-15-13-11-9-7-5-2;1-3-5-7-9-11-13-15-17-19-21-23-25-27-29-31-33-35-37-39-41-43-45-44-42-40-38-36-34-32-30-28-26-24-22-20-18-16-14-12-10-8-6-4-2;1-9-7-4-2-6(3-5-7)8(10)11;;;;;;;;;;;;;;;;;;;;;;;;;;;;;;;;;;;;;;;;;;;;;;;;;;;;;;;;;;;;;;;;;;;;;;;;;;;;;;;;;;;;;;;;/h1-2,44-47,53H,3H3;1-2,45H;2-5,9H,1H3,(H,10,11);88*1H. The second-order valence-corrected chi connectivity index (χ2v) is 15.3. The lowest BCUT2D eigenvalue weighted by molar-refractivity contribution is 0.0696. The van der Waals surface area contributed by atoms with Crippen LogP contribution in [0.3, 0.4) is 0 Å². The van der Waals surface area contributed by atoms with Gasteiger partial charge in [0.2, 0.25) is 0 Å². The highest BCUT2D eigenvalue weighted by atomic mass is 16.4. The van der Waals surface area contributed by atoms with Gasteiger partial charge in [-0.15, -0.1) is 25.7 Å². The molecule has 2 aromatic rings. The molecule has 0 saturated heterocycles. The zero-order chi connectivity index (χ0) is 80.2. The molecule has 0 atom stereocenters. The van der Waals surface area contributed by atoms with Gasteiger partial charge in [0, 0.05) is 465 Å². The summed E-state index contributed by atoms with van der Waals surface area (Å²) in [6, 6.07) is 23.4. The molecule has 1 amide bonds. The molecule has 2 rings (SSSR count). The third-order valence-electron chi connectivity index (χ3n) is 8.42. The number of nitrogens with one attached hydrogen (secondary N) is 3. The Kier molecular flexibility index (Phi) is 59.6. The molecule has 0 aliphatic rings. The number of carboxylic acids is 1. The van der Waals surface area contributed by atoms with Gasteiger partial charge in [0.1, 0.15) is 0 Å². The number of hydrogen-bond acceptors (Lipinski definition) is 5. The molecule has 0 aliphatic carbocycles. The average Bonchev–Trinajstić information content (AvgIpc) is 0.860. The number of anilines is 2. The first-order valence-corrected chi connectivity index (χ1v) is 28.6. The molecule has 0 aromatic heterocycles. The number of carbonyl (C=O) groups is 2. The van der Waals surface area contributed by atoms with Crippen molar-refractivity contribution in [3.8, 4) is 524 Å². The number of benzene rings is 2. The normalized spacial score (nSPS) is 5.10. The Bertz CT molecular complexity index is 7010. The minimum Gasteiger partial charge on any atom is -0.478 e.